The van der Waals surface area contributed by atoms with Crippen LogP contribution >= 0.6 is 0 Å². The lowest BCUT2D eigenvalue weighted by Crippen LogP contribution is -2.13. The van der Waals surface area contributed by atoms with Crippen molar-refractivity contribution < 1.29 is 14.2 Å². The van der Waals surface area contributed by atoms with Crippen molar-refractivity contribution in [2.24, 2.45) is 0 Å². The molecule has 23 heavy (non-hydrogen) atoms. The second-order valence-electron chi connectivity index (χ2n) is 5.40. The summed E-state index contributed by atoms with van der Waals surface area (Å²) in [5.41, 5.74) is 8.66. The molecule has 0 heterocycles. The van der Waals surface area contributed by atoms with E-state index in [0.29, 0.717) is 6.61 Å². The summed E-state index contributed by atoms with van der Waals surface area (Å²) in [5.74, 6) is 1.55. The minimum absolute atomic E-state index is 0.157. The summed E-state index contributed by atoms with van der Waals surface area (Å²) in [6.07, 6.45) is 1.84. The zero-order valence-corrected chi connectivity index (χ0v) is 14.0. The molecular formula is C19H25NO3. The smallest absolute Gasteiger partial charge is 0.164 e. The Hall–Kier alpha value is -2.20. The molecule has 124 valence electrons. The van der Waals surface area contributed by atoms with Gasteiger partial charge in [0.25, 0.3) is 0 Å². The maximum Gasteiger partial charge on any atom is 0.164 e. The van der Waals surface area contributed by atoms with Crippen molar-refractivity contribution in [2.45, 2.75) is 25.9 Å². The third-order valence-electron chi connectivity index (χ3n) is 3.77. The van der Waals surface area contributed by atoms with Gasteiger partial charge >= 0.3 is 0 Å². The number of para-hydroxylation sites is 1. The highest BCUT2D eigenvalue weighted by molar-refractivity contribution is 5.47. The zero-order valence-electron chi connectivity index (χ0n) is 14.0. The van der Waals surface area contributed by atoms with Gasteiger partial charge in [-0.1, -0.05) is 37.6 Å². The van der Waals surface area contributed by atoms with Crippen LogP contribution in [0.25, 0.3) is 0 Å². The highest BCUT2D eigenvalue weighted by Gasteiger charge is 2.15. The van der Waals surface area contributed by atoms with Crippen molar-refractivity contribution in [1.29, 1.82) is 0 Å². The number of anilines is 1. The van der Waals surface area contributed by atoms with Gasteiger partial charge in [0.15, 0.2) is 11.5 Å². The minimum atomic E-state index is -0.157. The van der Waals surface area contributed by atoms with Crippen molar-refractivity contribution in [3.05, 3.63) is 53.6 Å². The highest BCUT2D eigenvalue weighted by atomic mass is 16.5. The number of rotatable bonds is 8. The molecule has 2 aromatic carbocycles. The normalized spacial score (nSPS) is 12.0. The molecule has 2 rings (SSSR count). The SMILES string of the molecule is CCCc1cccc(OC)c1OCC(OC)c1ccc(N)cc1. The van der Waals surface area contributed by atoms with Crippen molar-refractivity contribution in [3.8, 4) is 11.5 Å². The fraction of sp³-hybridized carbons (Fsp3) is 0.368. The summed E-state index contributed by atoms with van der Waals surface area (Å²) in [5, 5.41) is 0. The van der Waals surface area contributed by atoms with E-state index in [1.54, 1.807) is 14.2 Å². The van der Waals surface area contributed by atoms with E-state index < -0.39 is 0 Å². The van der Waals surface area contributed by atoms with Gasteiger partial charge in [-0.25, -0.2) is 0 Å². The number of nitrogen functional groups attached to an aromatic ring is 1. The van der Waals surface area contributed by atoms with Gasteiger partial charge in [-0.2, -0.15) is 0 Å². The summed E-state index contributed by atoms with van der Waals surface area (Å²) in [4.78, 5) is 0. The lowest BCUT2D eigenvalue weighted by Gasteiger charge is -2.20. The van der Waals surface area contributed by atoms with Crippen LogP contribution in [0.3, 0.4) is 0 Å². The van der Waals surface area contributed by atoms with E-state index in [9.17, 15) is 0 Å². The maximum absolute atomic E-state index is 6.07. The summed E-state index contributed by atoms with van der Waals surface area (Å²) >= 11 is 0. The molecule has 0 aliphatic rings. The molecular weight excluding hydrogens is 290 g/mol. The molecule has 4 nitrogen and oxygen atoms in total. The molecule has 0 amide bonds. The topological polar surface area (TPSA) is 53.7 Å². The number of nitrogens with two attached hydrogens (primary N) is 1. The lowest BCUT2D eigenvalue weighted by molar-refractivity contribution is 0.0563. The quantitative estimate of drug-likeness (QED) is 0.748. The van der Waals surface area contributed by atoms with E-state index in [-0.39, 0.29) is 6.10 Å². The van der Waals surface area contributed by atoms with Gasteiger partial charge in [0.2, 0.25) is 0 Å². The molecule has 0 fully saturated rings. The van der Waals surface area contributed by atoms with E-state index >= 15 is 0 Å². The third-order valence-corrected chi connectivity index (χ3v) is 3.77. The number of benzene rings is 2. The molecule has 0 aliphatic carbocycles. The monoisotopic (exact) mass is 315 g/mol. The standard InChI is InChI=1S/C19H25NO3/c1-4-6-15-7-5-8-17(21-2)19(15)23-13-18(22-3)14-9-11-16(20)12-10-14/h5,7-12,18H,4,6,13,20H2,1-3H3. The van der Waals surface area contributed by atoms with Crippen LogP contribution in [-0.2, 0) is 11.2 Å². The Morgan fingerprint density at radius 1 is 1.04 bits per heavy atom. The Morgan fingerprint density at radius 3 is 2.39 bits per heavy atom. The fourth-order valence-electron chi connectivity index (χ4n) is 2.52. The van der Waals surface area contributed by atoms with Gasteiger partial charge in [-0.15, -0.1) is 0 Å². The molecule has 0 spiro atoms. The van der Waals surface area contributed by atoms with Crippen LogP contribution in [0.15, 0.2) is 42.5 Å². The first-order chi connectivity index (χ1) is 11.2. The Bertz CT molecular complexity index is 611. The predicted molar refractivity (Wildman–Crippen MR) is 93.1 cm³/mol. The Balaban J connectivity index is 2.16. The first-order valence-corrected chi connectivity index (χ1v) is 7.86. The molecule has 0 saturated carbocycles. The van der Waals surface area contributed by atoms with Crippen molar-refractivity contribution >= 4 is 5.69 Å². The van der Waals surface area contributed by atoms with Crippen molar-refractivity contribution in [1.82, 2.24) is 0 Å². The molecule has 4 heteroatoms. The Kier molecular flexibility index (Phi) is 6.29. The predicted octanol–water partition coefficient (Wildman–Crippen LogP) is 4.00. The van der Waals surface area contributed by atoms with Gasteiger partial charge in [0.05, 0.1) is 7.11 Å². The van der Waals surface area contributed by atoms with Gasteiger partial charge in [-0.05, 0) is 35.7 Å². The van der Waals surface area contributed by atoms with Crippen LogP contribution in [0.1, 0.15) is 30.6 Å². The molecule has 1 atom stereocenters. The van der Waals surface area contributed by atoms with E-state index in [4.69, 9.17) is 19.9 Å². The van der Waals surface area contributed by atoms with E-state index in [2.05, 4.69) is 13.0 Å². The molecule has 0 aliphatic heterocycles. The third kappa shape index (κ3) is 4.39. The van der Waals surface area contributed by atoms with Crippen LogP contribution in [0.4, 0.5) is 5.69 Å². The van der Waals surface area contributed by atoms with Crippen LogP contribution in [0.5, 0.6) is 11.5 Å². The largest absolute Gasteiger partial charge is 0.493 e. The van der Waals surface area contributed by atoms with Crippen LogP contribution in [-0.4, -0.2) is 20.8 Å². The average molecular weight is 315 g/mol. The molecule has 0 saturated heterocycles. The Morgan fingerprint density at radius 2 is 1.78 bits per heavy atom. The van der Waals surface area contributed by atoms with Crippen molar-refractivity contribution in [3.63, 3.8) is 0 Å². The first-order valence-electron chi connectivity index (χ1n) is 7.86. The second kappa shape index (κ2) is 8.44. The van der Waals surface area contributed by atoms with Gasteiger partial charge in [0.1, 0.15) is 12.7 Å². The second-order valence-corrected chi connectivity index (χ2v) is 5.40. The number of aryl methyl sites for hydroxylation is 1. The molecule has 0 bridgehead atoms. The van der Waals surface area contributed by atoms with E-state index in [1.807, 2.05) is 36.4 Å². The molecule has 2 aromatic rings. The minimum Gasteiger partial charge on any atom is -0.493 e. The summed E-state index contributed by atoms with van der Waals surface area (Å²) in [7, 11) is 3.34. The van der Waals surface area contributed by atoms with Gasteiger partial charge < -0.3 is 19.9 Å². The zero-order chi connectivity index (χ0) is 16.7. The van der Waals surface area contributed by atoms with Gasteiger partial charge in [0, 0.05) is 12.8 Å². The fourth-order valence-corrected chi connectivity index (χ4v) is 2.52. The number of hydrogen-bond acceptors (Lipinski definition) is 4. The molecule has 0 radical (unpaired) electrons. The summed E-state index contributed by atoms with van der Waals surface area (Å²) in [6, 6.07) is 13.6. The lowest BCUT2D eigenvalue weighted by atomic mass is 10.1. The average Bonchev–Trinajstić information content (AvgIpc) is 2.58. The highest BCUT2D eigenvalue weighted by Crippen LogP contribution is 2.33. The number of hydrogen-bond donors (Lipinski definition) is 1. The molecule has 2 N–H and O–H groups in total. The number of methoxy groups -OCH3 is 2. The summed E-state index contributed by atoms with van der Waals surface area (Å²) in [6.45, 7) is 2.56. The van der Waals surface area contributed by atoms with Crippen LogP contribution in [0, 0.1) is 0 Å². The van der Waals surface area contributed by atoms with Gasteiger partial charge in [-0.3, -0.25) is 0 Å². The van der Waals surface area contributed by atoms with Crippen LogP contribution in [0.2, 0.25) is 0 Å². The summed E-state index contributed by atoms with van der Waals surface area (Å²) < 4.78 is 17.1. The molecule has 0 aromatic heterocycles. The maximum atomic E-state index is 6.07. The number of ether oxygens (including phenoxy) is 3. The van der Waals surface area contributed by atoms with Crippen molar-refractivity contribution in [2.75, 3.05) is 26.6 Å². The molecule has 1 unspecified atom stereocenters. The Labute approximate surface area is 138 Å². The first kappa shape index (κ1) is 17.2. The van der Waals surface area contributed by atoms with E-state index in [1.165, 1.54) is 0 Å². The van der Waals surface area contributed by atoms with E-state index in [0.717, 1.165) is 41.2 Å². The van der Waals surface area contributed by atoms with Crippen LogP contribution < -0.4 is 15.2 Å².